The van der Waals surface area contributed by atoms with Crippen molar-refractivity contribution >= 4 is 5.91 Å². The van der Waals surface area contributed by atoms with Gasteiger partial charge in [-0.1, -0.05) is 19.1 Å². The van der Waals surface area contributed by atoms with Gasteiger partial charge in [0.25, 0.3) is 5.91 Å². The lowest BCUT2D eigenvalue weighted by molar-refractivity contribution is 0.0933. The van der Waals surface area contributed by atoms with Gasteiger partial charge < -0.3 is 9.73 Å². The van der Waals surface area contributed by atoms with Crippen molar-refractivity contribution in [3.05, 3.63) is 60.3 Å². The van der Waals surface area contributed by atoms with Crippen LogP contribution in [0.5, 0.6) is 0 Å². The van der Waals surface area contributed by atoms with Gasteiger partial charge in [-0.3, -0.25) is 4.79 Å². The summed E-state index contributed by atoms with van der Waals surface area (Å²) in [6.45, 7) is 3.84. The molecule has 0 saturated carbocycles. The van der Waals surface area contributed by atoms with Gasteiger partial charge in [0.2, 0.25) is 0 Å². The van der Waals surface area contributed by atoms with Crippen LogP contribution in [0.15, 0.2) is 47.7 Å². The van der Waals surface area contributed by atoms with Crippen LogP contribution in [0, 0.1) is 0 Å². The predicted octanol–water partition coefficient (Wildman–Crippen LogP) is 2.31. The number of hydrogen-bond acceptors (Lipinski definition) is 5. The second kappa shape index (κ2) is 6.43. The van der Waals surface area contributed by atoms with E-state index in [1.807, 2.05) is 38.1 Å². The SMILES string of the molecule is CCc1ocnc1C(=O)NC(C)c1ccc(-n2cncn2)cc1. The fourth-order valence-corrected chi connectivity index (χ4v) is 2.31. The van der Waals surface area contributed by atoms with E-state index in [0.717, 1.165) is 11.3 Å². The molecule has 3 aromatic rings. The van der Waals surface area contributed by atoms with Crippen LogP contribution >= 0.6 is 0 Å². The van der Waals surface area contributed by atoms with Crippen LogP contribution in [-0.4, -0.2) is 25.7 Å². The summed E-state index contributed by atoms with van der Waals surface area (Å²) in [5.41, 5.74) is 2.25. The third-order valence-electron chi connectivity index (χ3n) is 3.60. The van der Waals surface area contributed by atoms with Crippen molar-refractivity contribution in [2.75, 3.05) is 0 Å². The van der Waals surface area contributed by atoms with E-state index < -0.39 is 0 Å². The molecule has 118 valence electrons. The van der Waals surface area contributed by atoms with Crippen molar-refractivity contribution in [3.8, 4) is 5.69 Å². The molecule has 7 heteroatoms. The highest BCUT2D eigenvalue weighted by molar-refractivity contribution is 5.93. The van der Waals surface area contributed by atoms with Gasteiger partial charge in [-0.25, -0.2) is 14.6 Å². The molecule has 1 amide bonds. The fourth-order valence-electron chi connectivity index (χ4n) is 2.31. The molecule has 0 aliphatic rings. The number of amides is 1. The molecule has 0 saturated heterocycles. The van der Waals surface area contributed by atoms with Crippen LogP contribution in [0.2, 0.25) is 0 Å². The second-order valence-corrected chi connectivity index (χ2v) is 5.10. The van der Waals surface area contributed by atoms with Crippen molar-refractivity contribution in [2.24, 2.45) is 0 Å². The number of carbonyl (C=O) groups is 1. The molecule has 0 aliphatic carbocycles. The highest BCUT2D eigenvalue weighted by atomic mass is 16.3. The van der Waals surface area contributed by atoms with Crippen LogP contribution in [0.25, 0.3) is 5.69 Å². The summed E-state index contributed by atoms with van der Waals surface area (Å²) in [7, 11) is 0. The summed E-state index contributed by atoms with van der Waals surface area (Å²) >= 11 is 0. The number of oxazole rings is 1. The van der Waals surface area contributed by atoms with E-state index in [1.165, 1.54) is 12.7 Å². The van der Waals surface area contributed by atoms with Gasteiger partial charge in [0.1, 0.15) is 18.4 Å². The van der Waals surface area contributed by atoms with E-state index in [-0.39, 0.29) is 11.9 Å². The van der Waals surface area contributed by atoms with Crippen molar-refractivity contribution in [1.29, 1.82) is 0 Å². The largest absolute Gasteiger partial charge is 0.448 e. The molecule has 1 N–H and O–H groups in total. The third kappa shape index (κ3) is 3.13. The van der Waals surface area contributed by atoms with Crippen molar-refractivity contribution < 1.29 is 9.21 Å². The van der Waals surface area contributed by atoms with Crippen molar-refractivity contribution in [1.82, 2.24) is 25.1 Å². The Morgan fingerprint density at radius 3 is 2.78 bits per heavy atom. The number of nitrogens with zero attached hydrogens (tertiary/aromatic N) is 4. The van der Waals surface area contributed by atoms with Crippen LogP contribution < -0.4 is 5.32 Å². The van der Waals surface area contributed by atoms with E-state index in [2.05, 4.69) is 20.4 Å². The normalized spacial score (nSPS) is 12.1. The molecule has 7 nitrogen and oxygen atoms in total. The summed E-state index contributed by atoms with van der Waals surface area (Å²) in [5.74, 6) is 0.361. The molecule has 0 spiro atoms. The molecule has 0 fully saturated rings. The quantitative estimate of drug-likeness (QED) is 0.781. The van der Waals surface area contributed by atoms with Crippen LogP contribution in [-0.2, 0) is 6.42 Å². The molecule has 1 atom stereocenters. The Morgan fingerprint density at radius 1 is 1.35 bits per heavy atom. The molecule has 1 unspecified atom stereocenters. The van der Waals surface area contributed by atoms with E-state index in [1.54, 1.807) is 11.0 Å². The molecule has 3 rings (SSSR count). The molecular formula is C16H17N5O2. The number of aryl methyl sites for hydroxylation is 1. The lowest BCUT2D eigenvalue weighted by Gasteiger charge is -2.14. The lowest BCUT2D eigenvalue weighted by Crippen LogP contribution is -2.27. The molecule has 2 heterocycles. The lowest BCUT2D eigenvalue weighted by atomic mass is 10.1. The minimum Gasteiger partial charge on any atom is -0.448 e. The zero-order chi connectivity index (χ0) is 16.2. The Kier molecular flexibility index (Phi) is 4.18. The molecule has 1 aromatic carbocycles. The topological polar surface area (TPSA) is 85.8 Å². The number of benzene rings is 1. The van der Waals surface area contributed by atoms with E-state index in [0.29, 0.717) is 17.9 Å². The fraction of sp³-hybridized carbons (Fsp3) is 0.250. The zero-order valence-electron chi connectivity index (χ0n) is 12.9. The van der Waals surface area contributed by atoms with Gasteiger partial charge in [-0.05, 0) is 24.6 Å². The first-order chi connectivity index (χ1) is 11.2. The maximum Gasteiger partial charge on any atom is 0.274 e. The molecule has 2 aromatic heterocycles. The highest BCUT2D eigenvalue weighted by Crippen LogP contribution is 2.16. The Labute approximate surface area is 133 Å². The van der Waals surface area contributed by atoms with E-state index >= 15 is 0 Å². The second-order valence-electron chi connectivity index (χ2n) is 5.10. The summed E-state index contributed by atoms with van der Waals surface area (Å²) < 4.78 is 6.87. The van der Waals surface area contributed by atoms with Crippen molar-refractivity contribution in [2.45, 2.75) is 26.3 Å². The minimum absolute atomic E-state index is 0.145. The standard InChI is InChI=1S/C16H17N5O2/c1-3-14-15(18-10-23-14)16(22)20-11(2)12-4-6-13(7-5-12)21-9-17-8-19-21/h4-11H,3H2,1-2H3,(H,20,22). The number of carbonyl (C=O) groups excluding carboxylic acids is 1. The summed E-state index contributed by atoms with van der Waals surface area (Å²) in [4.78, 5) is 20.2. The average Bonchev–Trinajstić information content (AvgIpc) is 3.26. The summed E-state index contributed by atoms with van der Waals surface area (Å²) in [6, 6.07) is 7.62. The maximum absolute atomic E-state index is 12.3. The Morgan fingerprint density at radius 2 is 2.13 bits per heavy atom. The summed E-state index contributed by atoms with van der Waals surface area (Å²) in [5, 5.41) is 7.01. The molecule has 0 aliphatic heterocycles. The van der Waals surface area contributed by atoms with Crippen LogP contribution in [0.3, 0.4) is 0 Å². The first kappa shape index (κ1) is 15.0. The number of aromatic nitrogens is 4. The van der Waals surface area contributed by atoms with Gasteiger partial charge in [-0.15, -0.1) is 0 Å². The van der Waals surface area contributed by atoms with E-state index in [9.17, 15) is 4.79 Å². The zero-order valence-corrected chi connectivity index (χ0v) is 12.9. The third-order valence-corrected chi connectivity index (χ3v) is 3.60. The van der Waals surface area contributed by atoms with Gasteiger partial charge in [0.05, 0.1) is 11.7 Å². The monoisotopic (exact) mass is 311 g/mol. The first-order valence-corrected chi connectivity index (χ1v) is 7.37. The number of hydrogen-bond donors (Lipinski definition) is 1. The predicted molar refractivity (Wildman–Crippen MR) is 83.1 cm³/mol. The Balaban J connectivity index is 1.71. The molecule has 23 heavy (non-hydrogen) atoms. The number of nitrogens with one attached hydrogen (secondary N) is 1. The highest BCUT2D eigenvalue weighted by Gasteiger charge is 2.18. The van der Waals surface area contributed by atoms with Crippen LogP contribution in [0.1, 0.15) is 41.7 Å². The van der Waals surface area contributed by atoms with Gasteiger partial charge in [0.15, 0.2) is 12.1 Å². The first-order valence-electron chi connectivity index (χ1n) is 7.37. The maximum atomic E-state index is 12.3. The molecular weight excluding hydrogens is 294 g/mol. The summed E-state index contributed by atoms with van der Waals surface area (Å²) in [6.07, 6.45) is 5.05. The minimum atomic E-state index is -0.233. The van der Waals surface area contributed by atoms with Crippen LogP contribution in [0.4, 0.5) is 0 Å². The average molecular weight is 311 g/mol. The smallest absolute Gasteiger partial charge is 0.274 e. The van der Waals surface area contributed by atoms with E-state index in [4.69, 9.17) is 4.42 Å². The molecule has 0 bridgehead atoms. The van der Waals surface area contributed by atoms with Gasteiger partial charge in [-0.2, -0.15) is 5.10 Å². The Hall–Kier alpha value is -2.96. The number of rotatable bonds is 5. The Bertz CT molecular complexity index is 777. The van der Waals surface area contributed by atoms with Crippen molar-refractivity contribution in [3.63, 3.8) is 0 Å². The van der Waals surface area contributed by atoms with Gasteiger partial charge in [0, 0.05) is 6.42 Å². The van der Waals surface area contributed by atoms with Gasteiger partial charge >= 0.3 is 0 Å². The molecule has 0 radical (unpaired) electrons.